The van der Waals surface area contributed by atoms with Crippen LogP contribution in [0.15, 0.2) is 18.2 Å². The average Bonchev–Trinajstić information content (AvgIpc) is 2.64. The molecule has 21 heavy (non-hydrogen) atoms. The molecule has 2 atom stereocenters. The first-order chi connectivity index (χ1) is 9.99. The highest BCUT2D eigenvalue weighted by molar-refractivity contribution is 5.95. The van der Waals surface area contributed by atoms with Crippen LogP contribution in [0.4, 0.5) is 11.4 Å². The number of hydrogen-bond acceptors (Lipinski definition) is 4. The van der Waals surface area contributed by atoms with Gasteiger partial charge < -0.3 is 10.4 Å². The lowest BCUT2D eigenvalue weighted by molar-refractivity contribution is -0.384. The maximum absolute atomic E-state index is 11.3. The molecule has 0 bridgehead atoms. The summed E-state index contributed by atoms with van der Waals surface area (Å²) < 4.78 is 0. The van der Waals surface area contributed by atoms with E-state index in [9.17, 15) is 20.0 Å². The van der Waals surface area contributed by atoms with Crippen molar-refractivity contribution in [2.75, 3.05) is 5.32 Å². The van der Waals surface area contributed by atoms with E-state index in [4.69, 9.17) is 0 Å². The van der Waals surface area contributed by atoms with E-state index >= 15 is 0 Å². The fourth-order valence-electron chi connectivity index (χ4n) is 2.86. The summed E-state index contributed by atoms with van der Waals surface area (Å²) >= 11 is 0. The summed E-state index contributed by atoms with van der Waals surface area (Å²) in [5.41, 5.74) is 0.222. The molecule has 1 saturated carbocycles. The topological polar surface area (TPSA) is 92.5 Å². The van der Waals surface area contributed by atoms with Gasteiger partial charge in [-0.2, -0.15) is 0 Å². The van der Waals surface area contributed by atoms with Gasteiger partial charge in [0.05, 0.1) is 10.5 Å². The zero-order valence-corrected chi connectivity index (χ0v) is 12.0. The molecule has 0 aliphatic heterocycles. The molecule has 2 rings (SSSR count). The number of carbonyl (C=O) groups is 1. The predicted octanol–water partition coefficient (Wildman–Crippen LogP) is 3.67. The number of carboxylic acids is 1. The highest BCUT2D eigenvalue weighted by atomic mass is 16.6. The molecule has 0 heterocycles. The van der Waals surface area contributed by atoms with Gasteiger partial charge in [-0.3, -0.25) is 10.1 Å². The molecular formula is C15H20N2O4. The molecule has 1 aliphatic rings. The smallest absolute Gasteiger partial charge is 0.338 e. The van der Waals surface area contributed by atoms with Crippen LogP contribution < -0.4 is 5.32 Å². The number of carboxylic acid groups (broad SMARTS) is 1. The van der Waals surface area contributed by atoms with Crippen molar-refractivity contribution in [1.29, 1.82) is 0 Å². The summed E-state index contributed by atoms with van der Waals surface area (Å²) in [6.07, 6.45) is 5.64. The normalized spacial score (nSPS) is 22.3. The largest absolute Gasteiger partial charge is 0.478 e. The van der Waals surface area contributed by atoms with Gasteiger partial charge in [-0.05, 0) is 24.8 Å². The van der Waals surface area contributed by atoms with E-state index < -0.39 is 10.9 Å². The Kier molecular flexibility index (Phi) is 4.77. The van der Waals surface area contributed by atoms with Crippen LogP contribution in [0, 0.1) is 16.0 Å². The van der Waals surface area contributed by atoms with Gasteiger partial charge in [0.25, 0.3) is 5.69 Å². The van der Waals surface area contributed by atoms with E-state index in [0.717, 1.165) is 25.3 Å². The van der Waals surface area contributed by atoms with Crippen LogP contribution in [0.5, 0.6) is 0 Å². The van der Waals surface area contributed by atoms with Gasteiger partial charge in [-0.1, -0.05) is 26.2 Å². The van der Waals surface area contributed by atoms with Crippen molar-refractivity contribution >= 4 is 17.3 Å². The molecule has 0 saturated heterocycles. The number of anilines is 1. The second-order valence-corrected chi connectivity index (χ2v) is 5.66. The quantitative estimate of drug-likeness (QED) is 0.501. The highest BCUT2D eigenvalue weighted by Crippen LogP contribution is 2.29. The maximum atomic E-state index is 11.3. The molecule has 0 spiro atoms. The lowest BCUT2D eigenvalue weighted by atomic mass is 9.96. The van der Waals surface area contributed by atoms with Crippen LogP contribution in [0.2, 0.25) is 0 Å². The minimum atomic E-state index is -1.15. The monoisotopic (exact) mass is 292 g/mol. The van der Waals surface area contributed by atoms with Crippen LogP contribution in [0.1, 0.15) is 49.4 Å². The zero-order chi connectivity index (χ0) is 15.4. The molecule has 0 amide bonds. The van der Waals surface area contributed by atoms with Gasteiger partial charge >= 0.3 is 5.97 Å². The molecule has 2 unspecified atom stereocenters. The molecule has 1 aromatic carbocycles. The maximum Gasteiger partial charge on any atom is 0.338 e. The fraction of sp³-hybridized carbons (Fsp3) is 0.533. The Bertz CT molecular complexity index is 544. The van der Waals surface area contributed by atoms with Gasteiger partial charge in [-0.15, -0.1) is 0 Å². The summed E-state index contributed by atoms with van der Waals surface area (Å²) in [5.74, 6) is -0.688. The van der Waals surface area contributed by atoms with E-state index in [2.05, 4.69) is 12.2 Å². The van der Waals surface area contributed by atoms with Crippen LogP contribution in [0.25, 0.3) is 0 Å². The second kappa shape index (κ2) is 6.56. The minimum absolute atomic E-state index is 0.0411. The number of non-ortho nitro benzene ring substituents is 1. The van der Waals surface area contributed by atoms with E-state index in [1.54, 1.807) is 0 Å². The summed E-state index contributed by atoms with van der Waals surface area (Å²) in [4.78, 5) is 21.5. The lowest BCUT2D eigenvalue weighted by Crippen LogP contribution is -2.27. The van der Waals surface area contributed by atoms with Crippen LogP contribution in [0.3, 0.4) is 0 Å². The Morgan fingerprint density at radius 2 is 2.05 bits per heavy atom. The first kappa shape index (κ1) is 15.3. The van der Waals surface area contributed by atoms with Gasteiger partial charge in [0.1, 0.15) is 0 Å². The van der Waals surface area contributed by atoms with Crippen molar-refractivity contribution < 1.29 is 14.8 Å². The van der Waals surface area contributed by atoms with Gasteiger partial charge in [-0.25, -0.2) is 4.79 Å². The van der Waals surface area contributed by atoms with Crippen molar-refractivity contribution in [3.05, 3.63) is 33.9 Å². The van der Waals surface area contributed by atoms with Gasteiger partial charge in [0.2, 0.25) is 0 Å². The van der Waals surface area contributed by atoms with E-state index in [0.29, 0.717) is 11.6 Å². The third-order valence-electron chi connectivity index (χ3n) is 4.15. The number of rotatable bonds is 4. The molecule has 6 heteroatoms. The molecule has 1 aliphatic carbocycles. The molecule has 1 fully saturated rings. The van der Waals surface area contributed by atoms with Crippen LogP contribution in [-0.4, -0.2) is 22.0 Å². The number of benzene rings is 1. The standard InChI is InChI=1S/C15H20N2O4/c1-10-5-3-2-4-6-13(10)16-14-8-7-11(17(20)21)9-12(14)15(18)19/h7-10,13,16H,2-6H2,1H3,(H,18,19). The van der Waals surface area contributed by atoms with Crippen molar-refractivity contribution in [3.63, 3.8) is 0 Å². The SMILES string of the molecule is CC1CCCCCC1Nc1ccc([N+](=O)[O-])cc1C(=O)O. The second-order valence-electron chi connectivity index (χ2n) is 5.66. The molecular weight excluding hydrogens is 272 g/mol. The molecule has 114 valence electrons. The number of hydrogen-bond donors (Lipinski definition) is 2. The van der Waals surface area contributed by atoms with Crippen molar-refractivity contribution in [3.8, 4) is 0 Å². The van der Waals surface area contributed by atoms with Crippen molar-refractivity contribution in [2.45, 2.75) is 45.1 Å². The minimum Gasteiger partial charge on any atom is -0.478 e. The van der Waals surface area contributed by atoms with Gasteiger partial charge in [0.15, 0.2) is 0 Å². The molecule has 2 N–H and O–H groups in total. The number of nitrogens with one attached hydrogen (secondary N) is 1. The first-order valence-corrected chi connectivity index (χ1v) is 7.27. The van der Waals surface area contributed by atoms with Crippen LogP contribution in [-0.2, 0) is 0 Å². The van der Waals surface area contributed by atoms with Gasteiger partial charge in [0, 0.05) is 23.9 Å². The van der Waals surface area contributed by atoms with E-state index in [-0.39, 0.29) is 17.3 Å². The zero-order valence-electron chi connectivity index (χ0n) is 12.0. The number of nitrogens with zero attached hydrogens (tertiary/aromatic N) is 1. The summed E-state index contributed by atoms with van der Waals surface area (Å²) in [7, 11) is 0. The Morgan fingerprint density at radius 3 is 2.71 bits per heavy atom. The van der Waals surface area contributed by atoms with Crippen molar-refractivity contribution in [2.24, 2.45) is 5.92 Å². The average molecular weight is 292 g/mol. The molecule has 1 aromatic rings. The predicted molar refractivity (Wildman–Crippen MR) is 79.7 cm³/mol. The first-order valence-electron chi connectivity index (χ1n) is 7.27. The van der Waals surface area contributed by atoms with Crippen LogP contribution >= 0.6 is 0 Å². The molecule has 0 radical (unpaired) electrons. The summed E-state index contributed by atoms with van der Waals surface area (Å²) in [5, 5.41) is 23.3. The molecule has 0 aromatic heterocycles. The Balaban J connectivity index is 2.26. The Hall–Kier alpha value is -2.11. The summed E-state index contributed by atoms with van der Waals surface area (Å²) in [6, 6.07) is 4.17. The number of aromatic carboxylic acids is 1. The highest BCUT2D eigenvalue weighted by Gasteiger charge is 2.23. The third kappa shape index (κ3) is 3.71. The summed E-state index contributed by atoms with van der Waals surface area (Å²) in [6.45, 7) is 2.16. The Morgan fingerprint density at radius 1 is 1.33 bits per heavy atom. The third-order valence-corrected chi connectivity index (χ3v) is 4.15. The molecule has 6 nitrogen and oxygen atoms in total. The Labute approximate surface area is 123 Å². The number of nitro benzene ring substituents is 1. The van der Waals surface area contributed by atoms with E-state index in [1.807, 2.05) is 0 Å². The van der Waals surface area contributed by atoms with Crippen molar-refractivity contribution in [1.82, 2.24) is 0 Å². The fourth-order valence-corrected chi connectivity index (χ4v) is 2.86. The number of nitro groups is 1. The lowest BCUT2D eigenvalue weighted by Gasteiger charge is -2.24. The van der Waals surface area contributed by atoms with E-state index in [1.165, 1.54) is 25.0 Å².